The Kier molecular flexibility index (Phi) is 6.84. The third kappa shape index (κ3) is 5.18. The minimum atomic E-state index is -0.425. The molecule has 2 aromatic carbocycles. The Hall–Kier alpha value is -2.13. The Morgan fingerprint density at radius 3 is 2.00 bits per heavy atom. The van der Waals surface area contributed by atoms with Crippen LogP contribution < -0.4 is 5.32 Å². The van der Waals surface area contributed by atoms with Crippen LogP contribution >= 0.6 is 0 Å². The lowest BCUT2D eigenvalue weighted by molar-refractivity contribution is -0.122. The van der Waals surface area contributed by atoms with Crippen molar-refractivity contribution in [1.82, 2.24) is 5.32 Å². The van der Waals surface area contributed by atoms with Gasteiger partial charge in [-0.3, -0.25) is 4.79 Å². The van der Waals surface area contributed by atoms with Crippen molar-refractivity contribution in [1.29, 1.82) is 0 Å². The van der Waals surface area contributed by atoms with Crippen molar-refractivity contribution in [2.75, 3.05) is 6.54 Å². The molecule has 1 fully saturated rings. The number of aliphatic hydroxyl groups excluding tert-OH is 1. The van der Waals surface area contributed by atoms with Crippen LogP contribution in [0.2, 0.25) is 0 Å². The average Bonchev–Trinajstić information content (AvgIpc) is 2.72. The molecule has 1 aliphatic rings. The Morgan fingerprint density at radius 2 is 1.46 bits per heavy atom. The number of benzene rings is 2. The second kappa shape index (κ2) is 9.54. The van der Waals surface area contributed by atoms with Crippen LogP contribution in [0.3, 0.4) is 0 Å². The van der Waals surface area contributed by atoms with Crippen molar-refractivity contribution in [2.45, 2.75) is 50.5 Å². The van der Waals surface area contributed by atoms with Crippen LogP contribution in [0.1, 0.15) is 55.6 Å². The summed E-state index contributed by atoms with van der Waals surface area (Å²) in [6.07, 6.45) is 5.78. The zero-order chi connectivity index (χ0) is 18.2. The van der Waals surface area contributed by atoms with Crippen molar-refractivity contribution in [2.24, 2.45) is 5.92 Å². The van der Waals surface area contributed by atoms with E-state index in [9.17, 15) is 9.90 Å². The van der Waals surface area contributed by atoms with Crippen LogP contribution in [0.25, 0.3) is 0 Å². The van der Waals surface area contributed by atoms with Crippen LogP contribution in [0.15, 0.2) is 60.7 Å². The topological polar surface area (TPSA) is 49.3 Å². The Balaban J connectivity index is 1.60. The van der Waals surface area contributed by atoms with Crippen molar-refractivity contribution < 1.29 is 9.90 Å². The fraction of sp³-hybridized carbons (Fsp3) is 0.435. The maximum Gasteiger partial charge on any atom is 0.221 e. The van der Waals surface area contributed by atoms with Gasteiger partial charge in [0, 0.05) is 18.9 Å². The van der Waals surface area contributed by atoms with Crippen LogP contribution in [0.5, 0.6) is 0 Å². The van der Waals surface area contributed by atoms with Crippen molar-refractivity contribution in [3.63, 3.8) is 0 Å². The van der Waals surface area contributed by atoms with Gasteiger partial charge in [-0.15, -0.1) is 0 Å². The van der Waals surface area contributed by atoms with Gasteiger partial charge < -0.3 is 10.4 Å². The van der Waals surface area contributed by atoms with E-state index in [1.807, 2.05) is 36.4 Å². The molecule has 138 valence electrons. The second-order valence-electron chi connectivity index (χ2n) is 7.35. The third-order valence-electron chi connectivity index (χ3n) is 5.50. The summed E-state index contributed by atoms with van der Waals surface area (Å²) in [6.45, 7) is 0.361. The van der Waals surface area contributed by atoms with E-state index in [4.69, 9.17) is 0 Å². The summed E-state index contributed by atoms with van der Waals surface area (Å²) >= 11 is 0. The second-order valence-corrected chi connectivity index (χ2v) is 7.35. The van der Waals surface area contributed by atoms with Gasteiger partial charge in [-0.05, 0) is 29.9 Å². The molecular weight excluding hydrogens is 322 g/mol. The molecule has 0 spiro atoms. The van der Waals surface area contributed by atoms with Crippen LogP contribution in [-0.2, 0) is 4.79 Å². The van der Waals surface area contributed by atoms with E-state index < -0.39 is 6.10 Å². The molecule has 26 heavy (non-hydrogen) atoms. The lowest BCUT2D eigenvalue weighted by Gasteiger charge is -2.27. The van der Waals surface area contributed by atoms with Crippen molar-refractivity contribution >= 4 is 5.91 Å². The minimum absolute atomic E-state index is 0.00225. The fourth-order valence-electron chi connectivity index (χ4n) is 3.96. The highest BCUT2D eigenvalue weighted by Crippen LogP contribution is 2.28. The van der Waals surface area contributed by atoms with Crippen molar-refractivity contribution in [3.8, 4) is 0 Å². The Bertz CT molecular complexity index is 626. The molecule has 0 unspecified atom stereocenters. The highest BCUT2D eigenvalue weighted by Gasteiger charge is 2.23. The zero-order valence-electron chi connectivity index (χ0n) is 15.3. The third-order valence-corrected chi connectivity index (χ3v) is 5.50. The smallest absolute Gasteiger partial charge is 0.221 e. The molecule has 1 saturated carbocycles. The van der Waals surface area contributed by atoms with Gasteiger partial charge in [-0.2, -0.15) is 0 Å². The highest BCUT2D eigenvalue weighted by molar-refractivity contribution is 5.77. The zero-order valence-corrected chi connectivity index (χ0v) is 15.3. The highest BCUT2D eigenvalue weighted by atomic mass is 16.3. The summed E-state index contributed by atoms with van der Waals surface area (Å²) in [7, 11) is 0. The molecule has 0 heterocycles. The van der Waals surface area contributed by atoms with E-state index in [-0.39, 0.29) is 11.8 Å². The number of aliphatic hydroxyl groups is 1. The van der Waals surface area contributed by atoms with E-state index in [2.05, 4.69) is 29.6 Å². The molecule has 0 bridgehead atoms. The average molecular weight is 351 g/mol. The van der Waals surface area contributed by atoms with Crippen molar-refractivity contribution in [3.05, 3.63) is 71.8 Å². The maximum atomic E-state index is 12.6. The van der Waals surface area contributed by atoms with Gasteiger partial charge in [0.15, 0.2) is 0 Å². The molecule has 1 amide bonds. The molecule has 1 atom stereocenters. The van der Waals surface area contributed by atoms with Gasteiger partial charge in [0.05, 0.1) is 6.10 Å². The van der Waals surface area contributed by atoms with Gasteiger partial charge in [-0.25, -0.2) is 0 Å². The first-order chi connectivity index (χ1) is 12.7. The molecule has 0 saturated heterocycles. The SMILES string of the molecule is O=C(CC(c1ccccc1)c1ccccc1)NC[C@@H](O)C1CCCCC1. The summed E-state index contributed by atoms with van der Waals surface area (Å²) in [5, 5.41) is 13.3. The van der Waals surface area contributed by atoms with Gasteiger partial charge in [0.25, 0.3) is 0 Å². The van der Waals surface area contributed by atoms with Crippen LogP contribution in [0, 0.1) is 5.92 Å². The fourth-order valence-corrected chi connectivity index (χ4v) is 3.96. The molecule has 1 aliphatic carbocycles. The van der Waals surface area contributed by atoms with E-state index in [1.165, 1.54) is 19.3 Å². The lowest BCUT2D eigenvalue weighted by atomic mass is 9.85. The van der Waals surface area contributed by atoms with Gasteiger partial charge >= 0.3 is 0 Å². The summed E-state index contributed by atoms with van der Waals surface area (Å²) in [6, 6.07) is 20.3. The summed E-state index contributed by atoms with van der Waals surface area (Å²) in [4.78, 5) is 12.6. The quantitative estimate of drug-likeness (QED) is 0.783. The largest absolute Gasteiger partial charge is 0.391 e. The lowest BCUT2D eigenvalue weighted by Crippen LogP contribution is -2.37. The van der Waals surface area contributed by atoms with E-state index in [0.717, 1.165) is 24.0 Å². The maximum absolute atomic E-state index is 12.6. The first-order valence-corrected chi connectivity index (χ1v) is 9.78. The molecule has 0 aromatic heterocycles. The number of rotatable bonds is 7. The number of carbonyl (C=O) groups is 1. The summed E-state index contributed by atoms with van der Waals surface area (Å²) < 4.78 is 0. The number of amides is 1. The minimum Gasteiger partial charge on any atom is -0.391 e. The van der Waals surface area contributed by atoms with Crippen LogP contribution in [-0.4, -0.2) is 23.7 Å². The standard InChI is InChI=1S/C23H29NO2/c25-22(20-14-8-3-9-15-20)17-24-23(26)16-21(18-10-4-1-5-11-18)19-12-6-2-7-13-19/h1-2,4-7,10-13,20-22,25H,3,8-9,14-17H2,(H,24,26)/t22-/m1/s1. The Morgan fingerprint density at radius 1 is 0.923 bits per heavy atom. The number of hydrogen-bond donors (Lipinski definition) is 2. The summed E-state index contributed by atoms with van der Waals surface area (Å²) in [5.74, 6) is 0.366. The number of carbonyl (C=O) groups excluding carboxylic acids is 1. The number of nitrogens with one attached hydrogen (secondary N) is 1. The van der Waals surface area contributed by atoms with E-state index in [0.29, 0.717) is 18.9 Å². The number of hydrogen-bond acceptors (Lipinski definition) is 2. The molecule has 0 aliphatic heterocycles. The Labute approximate surface area is 156 Å². The van der Waals surface area contributed by atoms with Crippen LogP contribution in [0.4, 0.5) is 0 Å². The van der Waals surface area contributed by atoms with E-state index in [1.54, 1.807) is 0 Å². The molecule has 3 heteroatoms. The van der Waals surface area contributed by atoms with Gasteiger partial charge in [-0.1, -0.05) is 79.9 Å². The predicted octanol–water partition coefficient (Wildman–Crippen LogP) is 4.27. The predicted molar refractivity (Wildman–Crippen MR) is 105 cm³/mol. The van der Waals surface area contributed by atoms with Gasteiger partial charge in [0.1, 0.15) is 0 Å². The normalized spacial score (nSPS) is 16.4. The molecule has 2 N–H and O–H groups in total. The molecular formula is C23H29NO2. The first kappa shape index (κ1) is 18.7. The molecule has 0 radical (unpaired) electrons. The van der Waals surface area contributed by atoms with E-state index >= 15 is 0 Å². The molecule has 2 aromatic rings. The van der Waals surface area contributed by atoms with Gasteiger partial charge in [0.2, 0.25) is 5.91 Å². The molecule has 3 nitrogen and oxygen atoms in total. The molecule has 3 rings (SSSR count). The monoisotopic (exact) mass is 351 g/mol. The first-order valence-electron chi connectivity index (χ1n) is 9.78. The summed E-state index contributed by atoms with van der Waals surface area (Å²) in [5.41, 5.74) is 2.28.